The molecule has 0 radical (unpaired) electrons. The number of aromatic nitrogens is 2. The van der Waals surface area contributed by atoms with E-state index in [0.29, 0.717) is 16.8 Å². The molecule has 1 aromatic carbocycles. The van der Waals surface area contributed by atoms with Crippen LogP contribution in [0.25, 0.3) is 11.0 Å². The van der Waals surface area contributed by atoms with Crippen LogP contribution in [-0.4, -0.2) is 24.2 Å². The van der Waals surface area contributed by atoms with E-state index >= 15 is 0 Å². The summed E-state index contributed by atoms with van der Waals surface area (Å²) in [4.78, 5) is 19.6. The Bertz CT molecular complexity index is 1360. The average molecular weight is 417 g/mol. The summed E-state index contributed by atoms with van der Waals surface area (Å²) in [5.74, 6) is -3.06. The van der Waals surface area contributed by atoms with Crippen LogP contribution in [-0.2, 0) is 10.0 Å². The molecule has 7 nitrogen and oxygen atoms in total. The van der Waals surface area contributed by atoms with E-state index in [9.17, 15) is 22.0 Å². The van der Waals surface area contributed by atoms with Gasteiger partial charge in [-0.15, -0.1) is 0 Å². The molecule has 0 unspecified atom stereocenters. The average Bonchev–Trinajstić information content (AvgIpc) is 3.31. The number of pyridine rings is 1. The van der Waals surface area contributed by atoms with Gasteiger partial charge in [0.1, 0.15) is 17.2 Å². The van der Waals surface area contributed by atoms with Crippen LogP contribution in [0.1, 0.15) is 21.7 Å². The smallest absolute Gasteiger partial charge is 0.295 e. The third-order valence-electron chi connectivity index (χ3n) is 4.24. The van der Waals surface area contributed by atoms with E-state index in [0.717, 1.165) is 12.1 Å². The van der Waals surface area contributed by atoms with Crippen molar-refractivity contribution in [2.24, 2.45) is 0 Å². The van der Waals surface area contributed by atoms with Crippen molar-refractivity contribution in [3.63, 3.8) is 0 Å². The second kappa shape index (κ2) is 6.82. The van der Waals surface area contributed by atoms with Gasteiger partial charge in [0.15, 0.2) is 5.82 Å². The molecule has 3 heterocycles. The molecule has 0 aliphatic heterocycles. The van der Waals surface area contributed by atoms with Crippen LogP contribution < -0.4 is 4.72 Å². The van der Waals surface area contributed by atoms with Gasteiger partial charge in [-0.2, -0.15) is 8.42 Å². The van der Waals surface area contributed by atoms with Crippen molar-refractivity contribution in [1.29, 1.82) is 0 Å². The first-order valence-corrected chi connectivity index (χ1v) is 9.80. The highest BCUT2D eigenvalue weighted by Gasteiger charge is 2.27. The Balaban J connectivity index is 1.77. The summed E-state index contributed by atoms with van der Waals surface area (Å²) in [5.41, 5.74) is -1.08. The molecule has 0 amide bonds. The van der Waals surface area contributed by atoms with Gasteiger partial charge in [-0.1, -0.05) is 0 Å². The molecule has 4 rings (SSSR count). The number of aryl methyl sites for hydroxylation is 1. The van der Waals surface area contributed by atoms with E-state index in [2.05, 4.69) is 9.97 Å². The summed E-state index contributed by atoms with van der Waals surface area (Å²) in [7, 11) is -4.27. The zero-order valence-electron chi connectivity index (χ0n) is 14.9. The largest absolute Gasteiger partial charge is 0.448 e. The number of nitrogens with zero attached hydrogens (tertiary/aromatic N) is 1. The van der Waals surface area contributed by atoms with Crippen LogP contribution in [0.2, 0.25) is 0 Å². The second-order valence-electron chi connectivity index (χ2n) is 6.19. The van der Waals surface area contributed by atoms with Crippen molar-refractivity contribution in [2.75, 3.05) is 4.72 Å². The Morgan fingerprint density at radius 2 is 1.97 bits per heavy atom. The summed E-state index contributed by atoms with van der Waals surface area (Å²) in [6, 6.07) is 7.49. The second-order valence-corrected chi connectivity index (χ2v) is 7.80. The van der Waals surface area contributed by atoms with Crippen molar-refractivity contribution >= 4 is 32.5 Å². The number of ketones is 1. The van der Waals surface area contributed by atoms with Gasteiger partial charge < -0.3 is 9.40 Å². The molecule has 0 saturated heterocycles. The van der Waals surface area contributed by atoms with E-state index in [1.54, 1.807) is 19.1 Å². The number of H-pyrrole nitrogens is 1. The van der Waals surface area contributed by atoms with Crippen molar-refractivity contribution in [3.8, 4) is 0 Å². The van der Waals surface area contributed by atoms with Gasteiger partial charge in [-0.05, 0) is 43.3 Å². The summed E-state index contributed by atoms with van der Waals surface area (Å²) in [6.07, 6.45) is 2.79. The molecule has 3 aromatic heterocycles. The zero-order chi connectivity index (χ0) is 20.8. The van der Waals surface area contributed by atoms with Crippen LogP contribution in [0.4, 0.5) is 14.5 Å². The highest BCUT2D eigenvalue weighted by Crippen LogP contribution is 2.28. The highest BCUT2D eigenvalue weighted by molar-refractivity contribution is 7.92. The molecule has 29 heavy (non-hydrogen) atoms. The third kappa shape index (κ3) is 3.27. The monoisotopic (exact) mass is 417 g/mol. The van der Waals surface area contributed by atoms with E-state index in [1.807, 2.05) is 4.72 Å². The fourth-order valence-corrected chi connectivity index (χ4v) is 3.91. The number of aromatic amines is 1. The minimum Gasteiger partial charge on any atom is -0.448 e. The Labute approximate surface area is 163 Å². The highest BCUT2D eigenvalue weighted by atomic mass is 32.2. The van der Waals surface area contributed by atoms with Crippen molar-refractivity contribution in [3.05, 3.63) is 77.3 Å². The molecule has 4 aromatic rings. The normalized spacial score (nSPS) is 11.7. The Kier molecular flexibility index (Phi) is 4.42. The molecule has 148 valence electrons. The number of halogens is 2. The lowest BCUT2D eigenvalue weighted by atomic mass is 10.0. The van der Waals surface area contributed by atoms with Crippen LogP contribution in [0.5, 0.6) is 0 Å². The molecule has 0 spiro atoms. The first-order chi connectivity index (χ1) is 13.8. The fourth-order valence-electron chi connectivity index (χ4n) is 2.87. The van der Waals surface area contributed by atoms with Gasteiger partial charge in [0.25, 0.3) is 10.0 Å². The molecule has 2 N–H and O–H groups in total. The summed E-state index contributed by atoms with van der Waals surface area (Å²) >= 11 is 0. The first-order valence-electron chi connectivity index (χ1n) is 8.32. The van der Waals surface area contributed by atoms with Crippen molar-refractivity contribution in [1.82, 2.24) is 9.97 Å². The molecule has 10 heteroatoms. The van der Waals surface area contributed by atoms with Gasteiger partial charge in [0.2, 0.25) is 10.9 Å². The number of rotatable bonds is 5. The molecule has 0 aliphatic carbocycles. The van der Waals surface area contributed by atoms with Gasteiger partial charge >= 0.3 is 0 Å². The SMILES string of the molecule is Cc1ccc(S(=O)(=O)Nc2ccc(F)c(C(=O)c3c[nH]c4ncccc34)c2F)o1. The van der Waals surface area contributed by atoms with Crippen molar-refractivity contribution < 1.29 is 26.4 Å². The Morgan fingerprint density at radius 1 is 1.17 bits per heavy atom. The number of anilines is 1. The Morgan fingerprint density at radius 3 is 2.69 bits per heavy atom. The van der Waals surface area contributed by atoms with E-state index in [1.165, 1.54) is 24.5 Å². The standard InChI is InChI=1S/C19H13F2N3O4S/c1-10-4-7-15(28-10)29(26,27)24-14-6-5-13(20)16(17(14)21)18(25)12-9-23-19-11(12)3-2-8-22-19/h2-9,24H,1H3,(H,22,23). The van der Waals surface area contributed by atoms with E-state index in [4.69, 9.17) is 4.42 Å². The number of hydrogen-bond donors (Lipinski definition) is 2. The van der Waals surface area contributed by atoms with Crippen molar-refractivity contribution in [2.45, 2.75) is 12.0 Å². The van der Waals surface area contributed by atoms with Crippen LogP contribution in [0, 0.1) is 18.6 Å². The van der Waals surface area contributed by atoms with Crippen LogP contribution >= 0.6 is 0 Å². The van der Waals surface area contributed by atoms with Gasteiger partial charge in [-0.3, -0.25) is 9.52 Å². The molecular formula is C19H13F2N3O4S. The van der Waals surface area contributed by atoms with Crippen LogP contribution in [0.15, 0.2) is 58.3 Å². The minimum absolute atomic E-state index is 0.00701. The molecule has 0 aliphatic rings. The summed E-state index contributed by atoms with van der Waals surface area (Å²) in [5, 5.41) is -0.0531. The topological polar surface area (TPSA) is 105 Å². The van der Waals surface area contributed by atoms with Gasteiger partial charge in [0.05, 0.1) is 11.3 Å². The molecule has 0 saturated carbocycles. The number of furan rings is 1. The van der Waals surface area contributed by atoms with Gasteiger partial charge in [0, 0.05) is 23.3 Å². The fraction of sp³-hybridized carbons (Fsp3) is 0.0526. The quantitative estimate of drug-likeness (QED) is 0.481. The number of nitrogens with one attached hydrogen (secondary N) is 2. The number of carbonyl (C=O) groups is 1. The zero-order valence-corrected chi connectivity index (χ0v) is 15.7. The number of carbonyl (C=O) groups excluding carboxylic acids is 1. The molecule has 0 atom stereocenters. The van der Waals surface area contributed by atoms with Gasteiger partial charge in [-0.25, -0.2) is 13.8 Å². The van der Waals surface area contributed by atoms with Crippen LogP contribution in [0.3, 0.4) is 0 Å². The molecular weight excluding hydrogens is 404 g/mol. The lowest BCUT2D eigenvalue weighted by Gasteiger charge is -2.10. The number of hydrogen-bond acceptors (Lipinski definition) is 5. The first kappa shape index (κ1) is 18.8. The third-order valence-corrected chi connectivity index (χ3v) is 5.48. The van der Waals surface area contributed by atoms with E-state index in [-0.39, 0.29) is 5.56 Å². The maximum Gasteiger partial charge on any atom is 0.295 e. The maximum absolute atomic E-state index is 15.0. The minimum atomic E-state index is -4.27. The molecule has 0 fully saturated rings. The number of fused-ring (bicyclic) bond motifs is 1. The summed E-state index contributed by atoms with van der Waals surface area (Å²) < 4.78 is 61.1. The predicted octanol–water partition coefficient (Wildman–Crippen LogP) is 3.77. The molecule has 0 bridgehead atoms. The lowest BCUT2D eigenvalue weighted by molar-refractivity contribution is 0.103. The van der Waals surface area contributed by atoms with E-state index < -0.39 is 43.8 Å². The number of benzene rings is 1. The number of sulfonamides is 1. The predicted molar refractivity (Wildman–Crippen MR) is 100 cm³/mol. The Hall–Kier alpha value is -3.53. The summed E-state index contributed by atoms with van der Waals surface area (Å²) in [6.45, 7) is 1.55. The maximum atomic E-state index is 15.0. The lowest BCUT2D eigenvalue weighted by Crippen LogP contribution is -2.16.